The number of nitrogens with two attached hydrogens (primary N) is 1. The lowest BCUT2D eigenvalue weighted by Crippen LogP contribution is -1.97. The minimum Gasteiger partial charge on any atom is -0.505 e. The highest BCUT2D eigenvalue weighted by Gasteiger charge is 2.15. The van der Waals surface area contributed by atoms with Crippen LogP contribution in [0.25, 0.3) is 21.5 Å². The molecular weight excluding hydrogens is 602 g/mol. The lowest BCUT2D eigenvalue weighted by Gasteiger charge is -2.09. The first-order valence-corrected chi connectivity index (χ1v) is 14.4. The molecule has 232 valence electrons. The Morgan fingerprint density at radius 1 is 0.711 bits per heavy atom. The number of carboxylic acids is 2. The lowest BCUT2D eigenvalue weighted by atomic mass is 10.0. The molecule has 0 aliphatic rings. The van der Waals surface area contributed by atoms with Gasteiger partial charge in [-0.25, -0.2) is 0 Å². The molecule has 0 spiro atoms. The van der Waals surface area contributed by atoms with Crippen LogP contribution in [0.2, 0.25) is 0 Å². The molecule has 14 heteroatoms. The van der Waals surface area contributed by atoms with E-state index < -0.39 is 22.1 Å². The first-order chi connectivity index (χ1) is 21.2. The Labute approximate surface area is 257 Å². The van der Waals surface area contributed by atoms with Crippen LogP contribution in [0.4, 0.5) is 28.4 Å². The average molecular weight is 632 g/mol. The molecule has 5 rings (SSSR count). The predicted molar refractivity (Wildman–Crippen MR) is 170 cm³/mol. The second-order valence-corrected chi connectivity index (χ2v) is 10.9. The zero-order valence-electron chi connectivity index (χ0n) is 24.3. The summed E-state index contributed by atoms with van der Waals surface area (Å²) in [6, 6.07) is 23.6. The number of phenolic OH excluding ortho intramolecular Hbond substituents is 1. The molecule has 45 heavy (non-hydrogen) atoms. The monoisotopic (exact) mass is 631 g/mol. The summed E-state index contributed by atoms with van der Waals surface area (Å²) in [5.74, 6) is -1.73. The van der Waals surface area contributed by atoms with E-state index in [-0.39, 0.29) is 16.3 Å². The number of benzene rings is 5. The van der Waals surface area contributed by atoms with Gasteiger partial charge < -0.3 is 21.1 Å². The van der Waals surface area contributed by atoms with Crippen molar-refractivity contribution in [2.24, 2.45) is 20.5 Å². The first kappa shape index (κ1) is 33.8. The van der Waals surface area contributed by atoms with E-state index in [1.54, 1.807) is 43.3 Å². The van der Waals surface area contributed by atoms with E-state index in [0.29, 0.717) is 44.5 Å². The van der Waals surface area contributed by atoms with Crippen LogP contribution in [0.3, 0.4) is 0 Å². The number of aromatic hydroxyl groups is 1. The van der Waals surface area contributed by atoms with Crippen LogP contribution in [0.1, 0.15) is 19.4 Å². The van der Waals surface area contributed by atoms with Crippen molar-refractivity contribution in [3.8, 4) is 5.75 Å². The molecule has 13 nitrogen and oxygen atoms in total. The van der Waals surface area contributed by atoms with E-state index >= 15 is 0 Å². The number of anilines is 1. The van der Waals surface area contributed by atoms with Crippen LogP contribution in [0.15, 0.2) is 110 Å². The van der Waals surface area contributed by atoms with E-state index in [1.807, 2.05) is 30.3 Å². The SMILES string of the molecule is CC(=O)O.CC(=O)O.Cc1cc2ccc(N)cc2c(O)c1N=Nc1ccc(N=Nc2ccccc2)c2ccc(S(=O)(=O)O)cc12. The molecule has 0 radical (unpaired) electrons. The summed E-state index contributed by atoms with van der Waals surface area (Å²) in [6.07, 6.45) is 0. The molecule has 0 aliphatic carbocycles. The van der Waals surface area contributed by atoms with Gasteiger partial charge in [-0.15, -0.1) is 15.3 Å². The van der Waals surface area contributed by atoms with Crippen molar-refractivity contribution in [2.45, 2.75) is 25.7 Å². The van der Waals surface area contributed by atoms with Crippen molar-refractivity contribution >= 4 is 72.0 Å². The maximum absolute atomic E-state index is 11.8. The number of fused-ring (bicyclic) bond motifs is 2. The number of carboxylic acid groups (broad SMARTS) is 2. The number of aryl methyl sites for hydroxylation is 1. The quantitative estimate of drug-likeness (QED) is 0.0722. The number of aliphatic carboxylic acids is 2. The summed E-state index contributed by atoms with van der Waals surface area (Å²) in [4.78, 5) is 17.7. The Balaban J connectivity index is 0.000000619. The Morgan fingerprint density at radius 2 is 1.29 bits per heavy atom. The highest BCUT2D eigenvalue weighted by molar-refractivity contribution is 7.85. The van der Waals surface area contributed by atoms with Crippen LogP contribution in [-0.2, 0) is 19.7 Å². The summed E-state index contributed by atoms with van der Waals surface area (Å²) >= 11 is 0. The fourth-order valence-electron chi connectivity index (χ4n) is 3.99. The Bertz CT molecular complexity index is 2030. The van der Waals surface area contributed by atoms with Gasteiger partial charge in [0.1, 0.15) is 5.69 Å². The molecule has 0 aliphatic heterocycles. The molecule has 5 aromatic rings. The number of phenols is 1. The van der Waals surface area contributed by atoms with Crippen molar-refractivity contribution in [3.05, 3.63) is 90.5 Å². The van der Waals surface area contributed by atoms with E-state index in [1.165, 1.54) is 18.2 Å². The van der Waals surface area contributed by atoms with Crippen molar-refractivity contribution in [3.63, 3.8) is 0 Å². The molecule has 0 saturated heterocycles. The second-order valence-electron chi connectivity index (χ2n) is 9.43. The molecule has 0 aromatic heterocycles. The Kier molecular flexibility index (Phi) is 11.0. The highest BCUT2D eigenvalue weighted by atomic mass is 32.2. The zero-order valence-corrected chi connectivity index (χ0v) is 25.1. The topological polar surface area (TPSA) is 225 Å². The minimum absolute atomic E-state index is 0.0674. The van der Waals surface area contributed by atoms with Crippen LogP contribution < -0.4 is 5.73 Å². The standard InChI is InChI=1S/C27H21N5O4S.2C2H4O2/c1-16-13-17-7-8-18(28)14-22(17)27(33)26(16)32-31-25-12-11-24(30-29-19-5-3-2-4-6-19)21-10-9-20(15-23(21)25)37(34,35)36;2*1-2(3)4/h2-15,33H,28H2,1H3,(H,34,35,36);2*1H3,(H,3,4). The van der Waals surface area contributed by atoms with Crippen LogP contribution in [-0.4, -0.2) is 40.2 Å². The summed E-state index contributed by atoms with van der Waals surface area (Å²) in [5, 5.41) is 45.1. The normalized spacial score (nSPS) is 11.2. The smallest absolute Gasteiger partial charge is 0.300 e. The van der Waals surface area contributed by atoms with E-state index in [0.717, 1.165) is 19.2 Å². The van der Waals surface area contributed by atoms with Gasteiger partial charge in [0.25, 0.3) is 22.1 Å². The van der Waals surface area contributed by atoms with Gasteiger partial charge in [-0.2, -0.15) is 13.5 Å². The van der Waals surface area contributed by atoms with Gasteiger partial charge in [0.2, 0.25) is 0 Å². The molecule has 6 N–H and O–H groups in total. The molecule has 0 fully saturated rings. The van der Waals surface area contributed by atoms with E-state index in [2.05, 4.69) is 20.5 Å². The van der Waals surface area contributed by atoms with Crippen molar-refractivity contribution in [2.75, 3.05) is 5.73 Å². The molecule has 0 atom stereocenters. The van der Waals surface area contributed by atoms with E-state index in [4.69, 9.17) is 25.5 Å². The van der Waals surface area contributed by atoms with Gasteiger partial charge in [0.15, 0.2) is 5.75 Å². The molecule has 0 saturated carbocycles. The Morgan fingerprint density at radius 3 is 1.89 bits per heavy atom. The number of hydrogen-bond donors (Lipinski definition) is 5. The van der Waals surface area contributed by atoms with Gasteiger partial charge in [-0.05, 0) is 72.5 Å². The number of hydrogen-bond acceptors (Lipinski definition) is 10. The first-order valence-electron chi connectivity index (χ1n) is 13.0. The summed E-state index contributed by atoms with van der Waals surface area (Å²) < 4.78 is 33.2. The third-order valence-corrected chi connectivity index (χ3v) is 6.68. The predicted octanol–water partition coefficient (Wildman–Crippen LogP) is 7.85. The van der Waals surface area contributed by atoms with Crippen molar-refractivity contribution in [1.29, 1.82) is 0 Å². The fraction of sp³-hybridized carbons (Fsp3) is 0.0968. The highest BCUT2D eigenvalue weighted by Crippen LogP contribution is 2.41. The van der Waals surface area contributed by atoms with Crippen molar-refractivity contribution in [1.82, 2.24) is 0 Å². The summed E-state index contributed by atoms with van der Waals surface area (Å²) in [6.45, 7) is 3.96. The number of nitrogen functional groups attached to an aromatic ring is 1. The molecule has 0 bridgehead atoms. The lowest BCUT2D eigenvalue weighted by molar-refractivity contribution is -0.135. The van der Waals surface area contributed by atoms with Gasteiger partial charge in [0, 0.05) is 35.7 Å². The minimum atomic E-state index is -4.47. The van der Waals surface area contributed by atoms with Crippen LogP contribution >= 0.6 is 0 Å². The zero-order chi connectivity index (χ0) is 33.3. The van der Waals surface area contributed by atoms with E-state index in [9.17, 15) is 18.1 Å². The number of rotatable bonds is 5. The van der Waals surface area contributed by atoms with Crippen LogP contribution in [0, 0.1) is 6.92 Å². The molecule has 5 aromatic carbocycles. The number of azo groups is 2. The fourth-order valence-corrected chi connectivity index (χ4v) is 4.49. The number of carbonyl (C=O) groups is 2. The molecule has 0 unspecified atom stereocenters. The van der Waals surface area contributed by atoms with Gasteiger partial charge in [-0.3, -0.25) is 14.1 Å². The second kappa shape index (κ2) is 14.6. The average Bonchev–Trinajstić information content (AvgIpc) is 2.96. The maximum Gasteiger partial charge on any atom is 0.300 e. The van der Waals surface area contributed by atoms with Gasteiger partial charge in [0.05, 0.1) is 22.0 Å². The van der Waals surface area contributed by atoms with Crippen molar-refractivity contribution < 1.29 is 37.9 Å². The Hall–Kier alpha value is -5.73. The van der Waals surface area contributed by atoms with Gasteiger partial charge >= 0.3 is 0 Å². The maximum atomic E-state index is 11.8. The number of nitrogens with zero attached hydrogens (tertiary/aromatic N) is 4. The molecule has 0 heterocycles. The summed E-state index contributed by atoms with van der Waals surface area (Å²) in [7, 11) is -4.47. The largest absolute Gasteiger partial charge is 0.505 e. The third-order valence-electron chi connectivity index (χ3n) is 5.83. The molecular formula is C31H29N5O8S. The van der Waals surface area contributed by atoms with Crippen LogP contribution in [0.5, 0.6) is 5.75 Å². The van der Waals surface area contributed by atoms with Gasteiger partial charge in [-0.1, -0.05) is 30.3 Å². The molecule has 0 amide bonds. The third kappa shape index (κ3) is 9.38. The summed E-state index contributed by atoms with van der Waals surface area (Å²) in [5.41, 5.74) is 8.76.